The number of nitrogens with zero attached hydrogens (tertiary/aromatic N) is 1. The third-order valence-electron chi connectivity index (χ3n) is 4.98. The molecular weight excluding hydrogens is 420 g/mol. The summed E-state index contributed by atoms with van der Waals surface area (Å²) >= 11 is 0. The first kappa shape index (κ1) is 23.1. The second-order valence-electron chi connectivity index (χ2n) is 7.16. The Balaban J connectivity index is 1.52. The van der Waals surface area contributed by atoms with Crippen molar-refractivity contribution >= 4 is 15.9 Å². The average molecular weight is 449 g/mol. The molecular formula is C22H28N2O6S. The maximum absolute atomic E-state index is 12.5. The van der Waals surface area contributed by atoms with Gasteiger partial charge in [-0.15, -0.1) is 0 Å². The normalized spacial score (nSPS) is 15.4. The molecule has 1 amide bonds. The molecule has 0 spiro atoms. The van der Waals surface area contributed by atoms with Crippen molar-refractivity contribution in [2.45, 2.75) is 24.3 Å². The fraction of sp³-hybridized carbons (Fsp3) is 0.409. The standard InChI is InChI=1S/C22H28N2O6S/c1-17(22(25)24-13-15-29-16-14-24)30-20-7-9-21(10-8-20)31(26,27)23-12-11-18-3-5-19(28-2)6-4-18/h3-10,17,23H,11-16H2,1-2H3/t17-/m1/s1. The van der Waals surface area contributed by atoms with E-state index >= 15 is 0 Å². The SMILES string of the molecule is COc1ccc(CCNS(=O)(=O)c2ccc(O[C@H](C)C(=O)N3CCOCC3)cc2)cc1. The summed E-state index contributed by atoms with van der Waals surface area (Å²) in [5, 5.41) is 0. The van der Waals surface area contributed by atoms with Gasteiger partial charge in [-0.2, -0.15) is 0 Å². The lowest BCUT2D eigenvalue weighted by Crippen LogP contribution is -2.46. The molecule has 1 saturated heterocycles. The lowest BCUT2D eigenvalue weighted by molar-refractivity contribution is -0.142. The van der Waals surface area contributed by atoms with Crippen LogP contribution in [-0.2, 0) is 26.0 Å². The Bertz CT molecular complexity index is 955. The molecule has 1 fully saturated rings. The average Bonchev–Trinajstić information content (AvgIpc) is 2.80. The van der Waals surface area contributed by atoms with Crippen molar-refractivity contribution in [3.05, 3.63) is 54.1 Å². The van der Waals surface area contributed by atoms with Crippen LogP contribution in [0.3, 0.4) is 0 Å². The van der Waals surface area contributed by atoms with Gasteiger partial charge >= 0.3 is 0 Å². The van der Waals surface area contributed by atoms with Crippen LogP contribution in [0.15, 0.2) is 53.4 Å². The number of carbonyl (C=O) groups is 1. The van der Waals surface area contributed by atoms with E-state index in [0.717, 1.165) is 11.3 Å². The summed E-state index contributed by atoms with van der Waals surface area (Å²) < 4.78 is 43.7. The Morgan fingerprint density at radius 2 is 1.68 bits per heavy atom. The summed E-state index contributed by atoms with van der Waals surface area (Å²) in [5.74, 6) is 1.08. The molecule has 0 unspecified atom stereocenters. The molecule has 0 aliphatic carbocycles. The lowest BCUT2D eigenvalue weighted by atomic mass is 10.1. The number of rotatable bonds is 9. The van der Waals surface area contributed by atoms with Crippen LogP contribution >= 0.6 is 0 Å². The quantitative estimate of drug-likeness (QED) is 0.629. The Morgan fingerprint density at radius 3 is 2.29 bits per heavy atom. The number of nitrogens with one attached hydrogen (secondary N) is 1. The fourth-order valence-electron chi connectivity index (χ4n) is 3.20. The number of sulfonamides is 1. The highest BCUT2D eigenvalue weighted by atomic mass is 32.2. The number of amides is 1. The van der Waals surface area contributed by atoms with E-state index < -0.39 is 16.1 Å². The minimum atomic E-state index is -3.64. The zero-order valence-corrected chi connectivity index (χ0v) is 18.6. The molecule has 1 N–H and O–H groups in total. The molecule has 1 atom stereocenters. The predicted molar refractivity (Wildman–Crippen MR) is 116 cm³/mol. The number of methoxy groups -OCH3 is 1. The Morgan fingerprint density at radius 1 is 1.06 bits per heavy atom. The third kappa shape index (κ3) is 6.43. The molecule has 1 aliphatic rings. The van der Waals surface area contributed by atoms with Crippen LogP contribution in [0.2, 0.25) is 0 Å². The van der Waals surface area contributed by atoms with Gasteiger partial charge in [-0.3, -0.25) is 4.79 Å². The van der Waals surface area contributed by atoms with Crippen LogP contribution in [-0.4, -0.2) is 65.3 Å². The van der Waals surface area contributed by atoms with E-state index in [1.54, 1.807) is 31.1 Å². The number of morpholine rings is 1. The van der Waals surface area contributed by atoms with Crippen molar-refractivity contribution in [1.82, 2.24) is 9.62 Å². The molecule has 1 heterocycles. The van der Waals surface area contributed by atoms with E-state index in [9.17, 15) is 13.2 Å². The van der Waals surface area contributed by atoms with Crippen LogP contribution in [0.4, 0.5) is 0 Å². The maximum atomic E-state index is 12.5. The van der Waals surface area contributed by atoms with Crippen molar-refractivity contribution in [3.8, 4) is 11.5 Å². The summed E-state index contributed by atoms with van der Waals surface area (Å²) in [7, 11) is -2.04. The van der Waals surface area contributed by atoms with Gasteiger partial charge in [0.15, 0.2) is 6.10 Å². The molecule has 9 heteroatoms. The second-order valence-corrected chi connectivity index (χ2v) is 8.93. The Labute approximate surface area is 183 Å². The van der Waals surface area contributed by atoms with Gasteiger partial charge in [-0.1, -0.05) is 12.1 Å². The summed E-state index contributed by atoms with van der Waals surface area (Å²) in [6, 6.07) is 13.5. The monoisotopic (exact) mass is 448 g/mol. The molecule has 0 bridgehead atoms. The molecule has 31 heavy (non-hydrogen) atoms. The van der Waals surface area contributed by atoms with Crippen LogP contribution in [0.25, 0.3) is 0 Å². The minimum Gasteiger partial charge on any atom is -0.497 e. The van der Waals surface area contributed by atoms with Crippen LogP contribution in [0, 0.1) is 0 Å². The highest BCUT2D eigenvalue weighted by molar-refractivity contribution is 7.89. The lowest BCUT2D eigenvalue weighted by Gasteiger charge is -2.29. The predicted octanol–water partition coefficient (Wildman–Crippen LogP) is 1.84. The van der Waals surface area contributed by atoms with Gasteiger partial charge in [-0.25, -0.2) is 13.1 Å². The minimum absolute atomic E-state index is 0.111. The van der Waals surface area contributed by atoms with E-state index in [4.69, 9.17) is 14.2 Å². The first-order chi connectivity index (χ1) is 14.9. The van der Waals surface area contributed by atoms with Crippen molar-refractivity contribution in [2.24, 2.45) is 0 Å². The molecule has 0 saturated carbocycles. The highest BCUT2D eigenvalue weighted by Gasteiger charge is 2.24. The number of ether oxygens (including phenoxy) is 3. The van der Waals surface area contributed by atoms with E-state index in [-0.39, 0.29) is 17.3 Å². The Kier molecular flexibility index (Phi) is 7.89. The first-order valence-electron chi connectivity index (χ1n) is 10.1. The van der Waals surface area contributed by atoms with Gasteiger partial charge in [0.2, 0.25) is 10.0 Å². The molecule has 168 valence electrons. The van der Waals surface area contributed by atoms with Crippen LogP contribution in [0.1, 0.15) is 12.5 Å². The van der Waals surface area contributed by atoms with Gasteiger partial charge < -0.3 is 19.1 Å². The Hall–Kier alpha value is -2.62. The molecule has 0 radical (unpaired) electrons. The van der Waals surface area contributed by atoms with Gasteiger partial charge in [0.05, 0.1) is 25.2 Å². The smallest absolute Gasteiger partial charge is 0.263 e. The maximum Gasteiger partial charge on any atom is 0.263 e. The highest BCUT2D eigenvalue weighted by Crippen LogP contribution is 2.18. The van der Waals surface area contributed by atoms with Gasteiger partial charge in [0.1, 0.15) is 11.5 Å². The van der Waals surface area contributed by atoms with Crippen molar-refractivity contribution in [3.63, 3.8) is 0 Å². The van der Waals surface area contributed by atoms with E-state index in [2.05, 4.69) is 4.72 Å². The molecule has 1 aliphatic heterocycles. The van der Waals surface area contributed by atoms with Gasteiger partial charge in [0.25, 0.3) is 5.91 Å². The number of hydrogen-bond donors (Lipinski definition) is 1. The molecule has 0 aromatic heterocycles. The molecule has 8 nitrogen and oxygen atoms in total. The van der Waals surface area contributed by atoms with Crippen molar-refractivity contribution < 1.29 is 27.4 Å². The van der Waals surface area contributed by atoms with E-state index in [0.29, 0.717) is 38.5 Å². The molecule has 2 aromatic carbocycles. The number of benzene rings is 2. The number of hydrogen-bond acceptors (Lipinski definition) is 6. The van der Waals surface area contributed by atoms with Gasteiger partial charge in [-0.05, 0) is 55.3 Å². The second kappa shape index (κ2) is 10.6. The zero-order valence-electron chi connectivity index (χ0n) is 17.7. The summed E-state index contributed by atoms with van der Waals surface area (Å²) in [4.78, 5) is 14.3. The largest absolute Gasteiger partial charge is 0.497 e. The van der Waals surface area contributed by atoms with E-state index in [1.807, 2.05) is 24.3 Å². The third-order valence-corrected chi connectivity index (χ3v) is 6.46. The summed E-state index contributed by atoms with van der Waals surface area (Å²) in [5.41, 5.74) is 1.01. The zero-order chi connectivity index (χ0) is 22.3. The molecule has 2 aromatic rings. The molecule has 3 rings (SSSR count). The van der Waals surface area contributed by atoms with Crippen LogP contribution < -0.4 is 14.2 Å². The van der Waals surface area contributed by atoms with Crippen molar-refractivity contribution in [1.29, 1.82) is 0 Å². The fourth-order valence-corrected chi connectivity index (χ4v) is 4.23. The first-order valence-corrected chi connectivity index (χ1v) is 11.6. The van der Waals surface area contributed by atoms with Gasteiger partial charge in [0, 0.05) is 19.6 Å². The summed E-state index contributed by atoms with van der Waals surface area (Å²) in [6.45, 7) is 4.10. The van der Waals surface area contributed by atoms with Crippen LogP contribution in [0.5, 0.6) is 11.5 Å². The van der Waals surface area contributed by atoms with Crippen molar-refractivity contribution in [2.75, 3.05) is 40.0 Å². The van der Waals surface area contributed by atoms with E-state index in [1.165, 1.54) is 12.1 Å². The summed E-state index contributed by atoms with van der Waals surface area (Å²) in [6.07, 6.45) is -0.103. The topological polar surface area (TPSA) is 94.2 Å². The number of carbonyl (C=O) groups excluding carboxylic acids is 1.